The summed E-state index contributed by atoms with van der Waals surface area (Å²) in [6.45, 7) is 0. The lowest BCUT2D eigenvalue weighted by molar-refractivity contribution is -0.0860. The van der Waals surface area contributed by atoms with Gasteiger partial charge in [0.2, 0.25) is 0 Å². The minimum Gasteiger partial charge on any atom is -0.355 e. The van der Waals surface area contributed by atoms with Crippen molar-refractivity contribution >= 4 is 12.9 Å². The topological polar surface area (TPSA) is 18.5 Å². The molecule has 0 atom stereocenters. The van der Waals surface area contributed by atoms with Gasteiger partial charge in [-0.2, -0.15) is 0 Å². The first kappa shape index (κ1) is 4.88. The highest BCUT2D eigenvalue weighted by Crippen LogP contribution is 2.10. The molecule has 1 aromatic rings. The van der Waals surface area contributed by atoms with Crippen LogP contribution in [0.3, 0.4) is 0 Å². The van der Waals surface area contributed by atoms with Gasteiger partial charge >= 0.3 is 7.48 Å². The van der Waals surface area contributed by atoms with Gasteiger partial charge in [-0.25, -0.2) is 0 Å². The molecular weight excluding hydrogens is 115 g/mol. The predicted octanol–water partition coefficient (Wildman–Crippen LogP) is 0.255. The van der Waals surface area contributed by atoms with Crippen LogP contribution in [0.25, 0.3) is 0 Å². The van der Waals surface area contributed by atoms with Crippen molar-refractivity contribution in [3.8, 4) is 5.75 Å². The van der Waals surface area contributed by atoms with E-state index in [0.29, 0.717) is 0 Å². The van der Waals surface area contributed by atoms with Crippen LogP contribution in [0, 0.1) is 0 Å². The summed E-state index contributed by atoms with van der Waals surface area (Å²) < 4.78 is 0. The Hall–Kier alpha value is -0.955. The maximum atomic E-state index is 4.74. The molecule has 0 bridgehead atoms. The minimum absolute atomic E-state index is 0.789. The Bertz CT molecular complexity index is 201. The normalized spacial score (nSPS) is 13.8. The summed E-state index contributed by atoms with van der Waals surface area (Å²) in [4.78, 5) is 9.33. The molecule has 0 unspecified atom stereocenters. The van der Waals surface area contributed by atoms with E-state index in [1.807, 2.05) is 24.3 Å². The number of hydrogen-bond donors (Lipinski definition) is 0. The van der Waals surface area contributed by atoms with Gasteiger partial charge < -0.3 is 4.89 Å². The summed E-state index contributed by atoms with van der Waals surface area (Å²) in [5.41, 5.74) is 0.998. The lowest BCUT2D eigenvalue weighted by Gasteiger charge is -1.91. The van der Waals surface area contributed by atoms with Crippen LogP contribution in [0.15, 0.2) is 24.3 Å². The van der Waals surface area contributed by atoms with Gasteiger partial charge in [-0.3, -0.25) is 4.81 Å². The van der Waals surface area contributed by atoms with Crippen LogP contribution in [0.1, 0.15) is 0 Å². The highest BCUT2D eigenvalue weighted by Gasteiger charge is 2.13. The van der Waals surface area contributed by atoms with Gasteiger partial charge in [0.1, 0.15) is 0 Å². The Morgan fingerprint density at radius 1 is 1.22 bits per heavy atom. The summed E-state index contributed by atoms with van der Waals surface area (Å²) in [6.07, 6.45) is 0. The molecule has 2 rings (SSSR count). The zero-order valence-electron chi connectivity index (χ0n) is 4.70. The van der Waals surface area contributed by atoms with E-state index in [9.17, 15) is 0 Å². The van der Waals surface area contributed by atoms with Gasteiger partial charge in [-0.05, 0) is 11.5 Å². The molecule has 0 saturated heterocycles. The molecule has 0 amide bonds. The third-order valence-corrected chi connectivity index (χ3v) is 1.23. The highest BCUT2D eigenvalue weighted by molar-refractivity contribution is 6.49. The number of rotatable bonds is 0. The van der Waals surface area contributed by atoms with E-state index in [0.717, 1.165) is 11.2 Å². The Labute approximate surface area is 53.6 Å². The molecule has 1 aromatic carbocycles. The molecule has 0 saturated carbocycles. The van der Waals surface area contributed by atoms with Crippen molar-refractivity contribution in [3.63, 3.8) is 0 Å². The molecular formula is C6H4BO2. The Morgan fingerprint density at radius 2 is 2.11 bits per heavy atom. The van der Waals surface area contributed by atoms with Crippen LogP contribution in [0.2, 0.25) is 0 Å². The minimum atomic E-state index is 0.789. The molecule has 3 heteroatoms. The number of para-hydroxylation sites is 1. The van der Waals surface area contributed by atoms with Crippen molar-refractivity contribution in [3.05, 3.63) is 24.3 Å². The average molecular weight is 119 g/mol. The SMILES string of the molecule is [B]1OOc2ccccc21. The number of fused-ring (bicyclic) bond motifs is 1. The quantitative estimate of drug-likeness (QED) is 0.360. The van der Waals surface area contributed by atoms with Crippen molar-refractivity contribution in [2.24, 2.45) is 0 Å². The highest BCUT2D eigenvalue weighted by atomic mass is 17.2. The number of hydrogen-bond acceptors (Lipinski definition) is 2. The molecule has 2 nitrogen and oxygen atoms in total. The second-order valence-electron chi connectivity index (χ2n) is 1.84. The summed E-state index contributed by atoms with van der Waals surface area (Å²) in [7, 11) is 1.58. The molecule has 1 aliphatic heterocycles. The second-order valence-corrected chi connectivity index (χ2v) is 1.84. The zero-order chi connectivity index (χ0) is 6.10. The van der Waals surface area contributed by atoms with Crippen molar-refractivity contribution in [1.82, 2.24) is 0 Å². The van der Waals surface area contributed by atoms with E-state index in [2.05, 4.69) is 4.81 Å². The molecule has 1 radical (unpaired) electrons. The molecule has 9 heavy (non-hydrogen) atoms. The fourth-order valence-electron chi connectivity index (χ4n) is 0.782. The fraction of sp³-hybridized carbons (Fsp3) is 0. The predicted molar refractivity (Wildman–Crippen MR) is 33.5 cm³/mol. The van der Waals surface area contributed by atoms with Gasteiger partial charge in [0.25, 0.3) is 0 Å². The largest absolute Gasteiger partial charge is 0.402 e. The average Bonchev–Trinajstić information content (AvgIpc) is 2.33. The first-order valence-electron chi connectivity index (χ1n) is 2.72. The van der Waals surface area contributed by atoms with Gasteiger partial charge in [-0.15, -0.1) is 0 Å². The third-order valence-electron chi connectivity index (χ3n) is 1.23. The van der Waals surface area contributed by atoms with E-state index in [1.54, 1.807) is 7.48 Å². The summed E-state index contributed by atoms with van der Waals surface area (Å²) in [6, 6.07) is 7.63. The Morgan fingerprint density at radius 3 is 3.00 bits per heavy atom. The summed E-state index contributed by atoms with van der Waals surface area (Å²) in [5.74, 6) is 0.789. The molecule has 0 fully saturated rings. The molecule has 1 heterocycles. The lowest BCUT2D eigenvalue weighted by atomic mass is 9.89. The van der Waals surface area contributed by atoms with Crippen LogP contribution in [-0.4, -0.2) is 7.48 Å². The van der Waals surface area contributed by atoms with Crippen LogP contribution in [0.5, 0.6) is 5.75 Å². The molecule has 0 N–H and O–H groups in total. The fourth-order valence-corrected chi connectivity index (χ4v) is 0.782. The maximum absolute atomic E-state index is 4.74. The van der Waals surface area contributed by atoms with Crippen molar-refractivity contribution in [1.29, 1.82) is 0 Å². The van der Waals surface area contributed by atoms with Crippen molar-refractivity contribution < 1.29 is 9.69 Å². The molecule has 1 aliphatic rings. The molecule has 0 aromatic heterocycles. The van der Waals surface area contributed by atoms with Crippen molar-refractivity contribution in [2.75, 3.05) is 0 Å². The third kappa shape index (κ3) is 0.696. The van der Waals surface area contributed by atoms with E-state index >= 15 is 0 Å². The van der Waals surface area contributed by atoms with Gasteiger partial charge in [0, 0.05) is 0 Å². The standard InChI is InChI=1S/C6H4BO2/c1-2-4-6-5(3-1)7-9-8-6/h1-4H. The van der Waals surface area contributed by atoms with E-state index in [-0.39, 0.29) is 0 Å². The molecule has 43 valence electrons. The van der Waals surface area contributed by atoms with Crippen LogP contribution in [0.4, 0.5) is 0 Å². The van der Waals surface area contributed by atoms with Gasteiger partial charge in [0.05, 0.1) is 0 Å². The first-order valence-corrected chi connectivity index (χ1v) is 2.72. The summed E-state index contributed by atoms with van der Waals surface area (Å²) in [5, 5.41) is 0. The monoisotopic (exact) mass is 119 g/mol. The smallest absolute Gasteiger partial charge is 0.355 e. The van der Waals surface area contributed by atoms with Gasteiger partial charge in [-0.1, -0.05) is 18.2 Å². The summed E-state index contributed by atoms with van der Waals surface area (Å²) >= 11 is 0. The number of benzene rings is 1. The van der Waals surface area contributed by atoms with E-state index < -0.39 is 0 Å². The lowest BCUT2D eigenvalue weighted by Crippen LogP contribution is -2.06. The molecule has 0 aliphatic carbocycles. The zero-order valence-corrected chi connectivity index (χ0v) is 4.70. The Kier molecular flexibility index (Phi) is 0.962. The van der Waals surface area contributed by atoms with E-state index in [4.69, 9.17) is 4.89 Å². The maximum Gasteiger partial charge on any atom is 0.402 e. The van der Waals surface area contributed by atoms with Crippen LogP contribution in [-0.2, 0) is 4.81 Å². The second kappa shape index (κ2) is 1.77. The Balaban J connectivity index is 2.54. The van der Waals surface area contributed by atoms with Crippen molar-refractivity contribution in [2.45, 2.75) is 0 Å². The first-order chi connectivity index (χ1) is 4.47. The van der Waals surface area contributed by atoms with Crippen LogP contribution >= 0.6 is 0 Å². The van der Waals surface area contributed by atoms with Gasteiger partial charge in [0.15, 0.2) is 5.75 Å². The van der Waals surface area contributed by atoms with Crippen LogP contribution < -0.4 is 10.4 Å². The van der Waals surface area contributed by atoms with E-state index in [1.165, 1.54) is 0 Å². The molecule has 0 spiro atoms.